The Labute approximate surface area is 109 Å². The van der Waals surface area contributed by atoms with Crippen molar-refractivity contribution in [2.75, 3.05) is 6.61 Å². The quantitative estimate of drug-likeness (QED) is 0.403. The molecule has 98 valence electrons. The maximum absolute atomic E-state index is 13.7. The van der Waals surface area contributed by atoms with E-state index in [9.17, 15) is 9.18 Å². The van der Waals surface area contributed by atoms with Crippen LogP contribution in [0.1, 0.15) is 32.3 Å². The van der Waals surface area contributed by atoms with Crippen LogP contribution in [-0.4, -0.2) is 20.4 Å². The molecular weight excluding hydrogens is 230 g/mol. The van der Waals surface area contributed by atoms with Crippen molar-refractivity contribution in [2.24, 2.45) is 0 Å². The van der Waals surface area contributed by atoms with Gasteiger partial charge in [-0.1, -0.05) is 44.8 Å². The van der Waals surface area contributed by atoms with Gasteiger partial charge in [0.15, 0.2) is 0 Å². The second-order valence-electron chi connectivity index (χ2n) is 5.14. The highest BCUT2D eigenvalue weighted by molar-refractivity contribution is 6.39. The molecule has 0 aliphatic carbocycles. The van der Waals surface area contributed by atoms with Crippen molar-refractivity contribution in [1.82, 2.24) is 0 Å². The second-order valence-corrected chi connectivity index (χ2v) is 5.14. The zero-order valence-electron chi connectivity index (χ0n) is 11.1. The third-order valence-electron chi connectivity index (χ3n) is 3.23. The van der Waals surface area contributed by atoms with Gasteiger partial charge in [-0.3, -0.25) is 4.79 Å². The van der Waals surface area contributed by atoms with Gasteiger partial charge in [-0.15, -0.1) is 0 Å². The third kappa shape index (κ3) is 4.51. The summed E-state index contributed by atoms with van der Waals surface area (Å²) in [6.45, 7) is 5.08. The van der Waals surface area contributed by atoms with E-state index in [2.05, 4.69) is 18.6 Å². The topological polar surface area (TPSA) is 26.3 Å². The summed E-state index contributed by atoms with van der Waals surface area (Å²) >= 11 is 0. The molecular formula is C14H20BFO2. The van der Waals surface area contributed by atoms with Gasteiger partial charge in [-0.25, -0.2) is 4.39 Å². The maximum Gasteiger partial charge on any atom is 0.293 e. The molecule has 0 spiro atoms. The fourth-order valence-electron chi connectivity index (χ4n) is 2.12. The van der Waals surface area contributed by atoms with Crippen LogP contribution in [-0.2, 0) is 14.8 Å². The molecule has 0 unspecified atom stereocenters. The summed E-state index contributed by atoms with van der Waals surface area (Å²) in [7, 11) is 0.926. The summed E-state index contributed by atoms with van der Waals surface area (Å²) in [5.41, 5.74) is 0.772. The van der Waals surface area contributed by atoms with Crippen molar-refractivity contribution in [3.8, 4) is 0 Å². The molecule has 0 N–H and O–H groups in total. The van der Waals surface area contributed by atoms with Gasteiger partial charge in [0.25, 0.3) is 6.47 Å². The van der Waals surface area contributed by atoms with E-state index in [4.69, 9.17) is 0 Å². The molecule has 0 radical (unpaired) electrons. The molecule has 1 aromatic rings. The van der Waals surface area contributed by atoms with Crippen molar-refractivity contribution in [2.45, 2.75) is 38.3 Å². The van der Waals surface area contributed by atoms with Crippen LogP contribution in [0.5, 0.6) is 0 Å². The molecule has 1 rings (SSSR count). The van der Waals surface area contributed by atoms with E-state index in [-0.39, 0.29) is 11.1 Å². The fraction of sp³-hybridized carbons (Fsp3) is 0.500. The van der Waals surface area contributed by atoms with Gasteiger partial charge in [-0.2, -0.15) is 0 Å². The number of hydrogen-bond acceptors (Lipinski definition) is 2. The van der Waals surface area contributed by atoms with E-state index in [1.165, 1.54) is 6.07 Å². The second kappa shape index (κ2) is 7.19. The summed E-state index contributed by atoms with van der Waals surface area (Å²) in [6, 6.07) is 6.95. The van der Waals surface area contributed by atoms with Crippen LogP contribution in [0.15, 0.2) is 24.3 Å². The van der Waals surface area contributed by atoms with E-state index in [0.717, 1.165) is 32.0 Å². The monoisotopic (exact) mass is 250 g/mol. The van der Waals surface area contributed by atoms with Crippen molar-refractivity contribution < 1.29 is 13.9 Å². The minimum absolute atomic E-state index is 0.133. The largest absolute Gasteiger partial charge is 0.468 e. The minimum atomic E-state index is -0.156. The summed E-state index contributed by atoms with van der Waals surface area (Å²) < 4.78 is 18.3. The van der Waals surface area contributed by atoms with E-state index >= 15 is 0 Å². The molecule has 0 bridgehead atoms. The summed E-state index contributed by atoms with van der Waals surface area (Å²) in [6.07, 6.45) is 2.86. The van der Waals surface area contributed by atoms with Crippen LogP contribution in [0.25, 0.3) is 0 Å². The number of ether oxygens (including phenoxy) is 1. The molecule has 0 saturated carbocycles. The average molecular weight is 250 g/mol. The molecule has 0 heterocycles. The smallest absolute Gasteiger partial charge is 0.293 e. The Morgan fingerprint density at radius 3 is 2.72 bits per heavy atom. The van der Waals surface area contributed by atoms with Crippen molar-refractivity contribution >= 4 is 13.8 Å². The normalized spacial score (nSPS) is 11.1. The van der Waals surface area contributed by atoms with Crippen molar-refractivity contribution in [3.63, 3.8) is 0 Å². The Hall–Kier alpha value is -1.32. The number of hydrogen-bond donors (Lipinski definition) is 0. The predicted octanol–water partition coefficient (Wildman–Crippen LogP) is 2.87. The van der Waals surface area contributed by atoms with Gasteiger partial charge in [0.2, 0.25) is 0 Å². The fourth-order valence-corrected chi connectivity index (χ4v) is 2.12. The maximum atomic E-state index is 13.7. The highest BCUT2D eigenvalue weighted by Crippen LogP contribution is 2.25. The zero-order chi connectivity index (χ0) is 13.4. The first-order valence-electron chi connectivity index (χ1n) is 6.38. The highest BCUT2D eigenvalue weighted by atomic mass is 19.1. The number of rotatable bonds is 8. The van der Waals surface area contributed by atoms with Gasteiger partial charge in [0, 0.05) is 0 Å². The van der Waals surface area contributed by atoms with Gasteiger partial charge >= 0.3 is 0 Å². The SMILES string of the molecule is CC(C)(BCCCCOC=O)c1ccccc1F. The third-order valence-corrected chi connectivity index (χ3v) is 3.23. The Balaban J connectivity index is 2.40. The molecule has 0 atom stereocenters. The molecule has 4 heteroatoms. The predicted molar refractivity (Wildman–Crippen MR) is 72.6 cm³/mol. The first kappa shape index (κ1) is 14.7. The number of carbonyl (C=O) groups excluding carboxylic acids is 1. The molecule has 2 nitrogen and oxygen atoms in total. The lowest BCUT2D eigenvalue weighted by Crippen LogP contribution is -2.26. The van der Waals surface area contributed by atoms with Crippen LogP contribution in [0.2, 0.25) is 6.32 Å². The van der Waals surface area contributed by atoms with Crippen LogP contribution >= 0.6 is 0 Å². The highest BCUT2D eigenvalue weighted by Gasteiger charge is 2.24. The Morgan fingerprint density at radius 2 is 2.06 bits per heavy atom. The van der Waals surface area contributed by atoms with Gasteiger partial charge in [0.1, 0.15) is 13.1 Å². The van der Waals surface area contributed by atoms with Crippen LogP contribution in [0, 0.1) is 5.82 Å². The number of halogens is 1. The van der Waals surface area contributed by atoms with Gasteiger partial charge in [-0.05, 0) is 23.4 Å². The number of benzene rings is 1. The average Bonchev–Trinajstić information content (AvgIpc) is 2.34. The van der Waals surface area contributed by atoms with Gasteiger partial charge in [0.05, 0.1) is 6.61 Å². The zero-order valence-corrected chi connectivity index (χ0v) is 11.1. The van der Waals surface area contributed by atoms with E-state index < -0.39 is 0 Å². The summed E-state index contributed by atoms with van der Waals surface area (Å²) in [5.74, 6) is -0.133. The standard InChI is InChI=1S/C14H20BFO2/c1-14(2,12-7-3-4-8-13(12)16)15-9-5-6-10-18-11-17/h3-4,7-8,11,15H,5-6,9-10H2,1-2H3. The molecule has 0 saturated heterocycles. The lowest BCUT2D eigenvalue weighted by atomic mass is 9.49. The van der Waals surface area contributed by atoms with Crippen LogP contribution in [0.4, 0.5) is 4.39 Å². The Morgan fingerprint density at radius 1 is 1.33 bits per heavy atom. The van der Waals surface area contributed by atoms with Gasteiger partial charge < -0.3 is 4.74 Å². The molecule has 0 aliphatic heterocycles. The van der Waals surface area contributed by atoms with E-state index in [1.54, 1.807) is 6.07 Å². The molecule has 1 aromatic carbocycles. The Kier molecular flexibility index (Phi) is 5.89. The van der Waals surface area contributed by atoms with E-state index in [1.807, 2.05) is 12.1 Å². The van der Waals surface area contributed by atoms with E-state index in [0.29, 0.717) is 13.1 Å². The Bertz CT molecular complexity index is 380. The minimum Gasteiger partial charge on any atom is -0.468 e. The summed E-state index contributed by atoms with van der Waals surface area (Å²) in [5, 5.41) is -0.156. The molecule has 0 fully saturated rings. The molecule has 18 heavy (non-hydrogen) atoms. The van der Waals surface area contributed by atoms with Crippen LogP contribution < -0.4 is 0 Å². The first-order valence-corrected chi connectivity index (χ1v) is 6.38. The lowest BCUT2D eigenvalue weighted by Gasteiger charge is -2.24. The number of unbranched alkanes of at least 4 members (excludes halogenated alkanes) is 1. The van der Waals surface area contributed by atoms with Crippen molar-refractivity contribution in [3.05, 3.63) is 35.6 Å². The summed E-state index contributed by atoms with van der Waals surface area (Å²) in [4.78, 5) is 9.96. The first-order chi connectivity index (χ1) is 8.58. The molecule has 0 aromatic heterocycles. The number of carbonyl (C=O) groups is 1. The molecule has 0 aliphatic rings. The molecule has 0 amide bonds. The lowest BCUT2D eigenvalue weighted by molar-refractivity contribution is -0.128. The van der Waals surface area contributed by atoms with Crippen molar-refractivity contribution in [1.29, 1.82) is 0 Å². The van der Waals surface area contributed by atoms with Crippen LogP contribution in [0.3, 0.4) is 0 Å².